The zero-order valence-corrected chi connectivity index (χ0v) is 16.4. The summed E-state index contributed by atoms with van der Waals surface area (Å²) in [4.78, 5) is 13.3. The lowest BCUT2D eigenvalue weighted by atomic mass is 10.0. The van der Waals surface area contributed by atoms with Crippen LogP contribution in [-0.2, 0) is 0 Å². The van der Waals surface area contributed by atoms with Crippen LogP contribution in [0.2, 0.25) is 0 Å². The molecule has 4 rings (SSSR count). The first-order chi connectivity index (χ1) is 13.7. The largest absolute Gasteiger partial charge is 0.349 e. The maximum absolute atomic E-state index is 13.3. The molecule has 0 bridgehead atoms. The quantitative estimate of drug-likeness (QED) is 0.631. The summed E-state index contributed by atoms with van der Waals surface area (Å²) in [6.07, 6.45) is 7.06. The van der Waals surface area contributed by atoms with E-state index in [1.54, 1.807) is 0 Å². The van der Waals surface area contributed by atoms with E-state index in [4.69, 9.17) is 5.10 Å². The van der Waals surface area contributed by atoms with Crippen molar-refractivity contribution < 1.29 is 4.79 Å². The van der Waals surface area contributed by atoms with Gasteiger partial charge in [-0.1, -0.05) is 74.2 Å². The molecule has 1 heterocycles. The summed E-state index contributed by atoms with van der Waals surface area (Å²) < 4.78 is 1.88. The van der Waals surface area contributed by atoms with Crippen molar-refractivity contribution in [3.8, 4) is 16.9 Å². The van der Waals surface area contributed by atoms with Crippen LogP contribution in [-0.4, -0.2) is 21.7 Å². The number of benzene rings is 2. The van der Waals surface area contributed by atoms with E-state index in [9.17, 15) is 4.79 Å². The van der Waals surface area contributed by atoms with Gasteiger partial charge in [0.25, 0.3) is 5.91 Å². The number of nitrogens with one attached hydrogen (secondary N) is 1. The smallest absolute Gasteiger partial charge is 0.255 e. The Labute approximate surface area is 166 Å². The Morgan fingerprint density at radius 3 is 2.18 bits per heavy atom. The molecular weight excluding hydrogens is 346 g/mol. The molecule has 1 aromatic heterocycles. The van der Waals surface area contributed by atoms with Crippen LogP contribution in [0, 0.1) is 6.92 Å². The second kappa shape index (κ2) is 8.42. The van der Waals surface area contributed by atoms with Crippen molar-refractivity contribution >= 4 is 5.91 Å². The van der Waals surface area contributed by atoms with Gasteiger partial charge in [-0.2, -0.15) is 5.10 Å². The van der Waals surface area contributed by atoms with Crippen LogP contribution in [0.5, 0.6) is 0 Å². The number of hydrogen-bond acceptors (Lipinski definition) is 2. The van der Waals surface area contributed by atoms with Gasteiger partial charge in [-0.15, -0.1) is 0 Å². The standard InChI is InChI=1S/C24H27N3O/c1-18-22(24(28)25-20-14-8-2-3-9-15-20)23(19-12-6-4-7-13-19)26-27(18)21-16-10-5-11-17-21/h4-7,10-13,16-17,20H,2-3,8-9,14-15H2,1H3,(H,25,28). The van der Waals surface area contributed by atoms with E-state index < -0.39 is 0 Å². The Morgan fingerprint density at radius 1 is 0.929 bits per heavy atom. The number of amides is 1. The lowest BCUT2D eigenvalue weighted by molar-refractivity contribution is 0.0933. The van der Waals surface area contributed by atoms with E-state index in [1.165, 1.54) is 25.7 Å². The minimum atomic E-state index is -0.00886. The van der Waals surface area contributed by atoms with Crippen molar-refractivity contribution in [3.63, 3.8) is 0 Å². The predicted molar refractivity (Wildman–Crippen MR) is 113 cm³/mol. The van der Waals surface area contributed by atoms with Gasteiger partial charge in [0.2, 0.25) is 0 Å². The summed E-state index contributed by atoms with van der Waals surface area (Å²) in [6, 6.07) is 20.2. The molecule has 144 valence electrons. The van der Waals surface area contributed by atoms with Crippen molar-refractivity contribution in [2.24, 2.45) is 0 Å². The molecule has 1 aliphatic carbocycles. The normalized spacial score (nSPS) is 15.2. The van der Waals surface area contributed by atoms with E-state index in [0.29, 0.717) is 5.56 Å². The molecule has 28 heavy (non-hydrogen) atoms. The van der Waals surface area contributed by atoms with Crippen LogP contribution in [0.4, 0.5) is 0 Å². The van der Waals surface area contributed by atoms with Crippen molar-refractivity contribution in [2.45, 2.75) is 51.5 Å². The number of carbonyl (C=O) groups excluding carboxylic acids is 1. The molecule has 0 radical (unpaired) electrons. The maximum Gasteiger partial charge on any atom is 0.255 e. The summed E-state index contributed by atoms with van der Waals surface area (Å²) in [5.74, 6) is -0.00886. The van der Waals surface area contributed by atoms with Crippen molar-refractivity contribution in [1.82, 2.24) is 15.1 Å². The van der Waals surface area contributed by atoms with Gasteiger partial charge in [0.15, 0.2) is 0 Å². The third kappa shape index (κ3) is 3.86. The minimum Gasteiger partial charge on any atom is -0.349 e. The average molecular weight is 374 g/mol. The average Bonchev–Trinajstić information content (AvgIpc) is 2.89. The fourth-order valence-electron chi connectivity index (χ4n) is 4.07. The van der Waals surface area contributed by atoms with Gasteiger partial charge in [-0.3, -0.25) is 4.79 Å². The molecule has 0 spiro atoms. The third-order valence-electron chi connectivity index (χ3n) is 5.58. The maximum atomic E-state index is 13.3. The molecular formula is C24H27N3O. The molecule has 1 amide bonds. The van der Waals surface area contributed by atoms with E-state index in [-0.39, 0.29) is 11.9 Å². The van der Waals surface area contributed by atoms with Crippen molar-refractivity contribution in [3.05, 3.63) is 71.9 Å². The first-order valence-electron chi connectivity index (χ1n) is 10.3. The Hall–Kier alpha value is -2.88. The highest BCUT2D eigenvalue weighted by atomic mass is 16.1. The second-order valence-corrected chi connectivity index (χ2v) is 7.58. The highest BCUT2D eigenvalue weighted by Gasteiger charge is 2.25. The topological polar surface area (TPSA) is 46.9 Å². The van der Waals surface area contributed by atoms with E-state index in [1.807, 2.05) is 72.3 Å². The zero-order chi connectivity index (χ0) is 19.3. The molecule has 0 aliphatic heterocycles. The Balaban J connectivity index is 1.74. The van der Waals surface area contributed by atoms with Crippen LogP contribution < -0.4 is 5.32 Å². The van der Waals surface area contributed by atoms with Crippen LogP contribution >= 0.6 is 0 Å². The fourth-order valence-corrected chi connectivity index (χ4v) is 4.07. The van der Waals surface area contributed by atoms with Crippen LogP contribution in [0.3, 0.4) is 0 Å². The summed E-state index contributed by atoms with van der Waals surface area (Å²) in [5.41, 5.74) is 4.22. The summed E-state index contributed by atoms with van der Waals surface area (Å²) in [6.45, 7) is 1.98. The molecule has 2 aromatic carbocycles. The lowest BCUT2D eigenvalue weighted by Gasteiger charge is -2.16. The highest BCUT2D eigenvalue weighted by Crippen LogP contribution is 2.28. The summed E-state index contributed by atoms with van der Waals surface area (Å²) in [5, 5.41) is 8.14. The Morgan fingerprint density at radius 2 is 1.54 bits per heavy atom. The monoisotopic (exact) mass is 373 g/mol. The number of aromatic nitrogens is 2. The van der Waals surface area contributed by atoms with E-state index >= 15 is 0 Å². The van der Waals surface area contributed by atoms with E-state index in [2.05, 4.69) is 5.32 Å². The first-order valence-corrected chi connectivity index (χ1v) is 10.3. The van der Waals surface area contributed by atoms with E-state index in [0.717, 1.165) is 35.5 Å². The summed E-state index contributed by atoms with van der Waals surface area (Å²) in [7, 11) is 0. The molecule has 1 fully saturated rings. The van der Waals surface area contributed by atoms with Crippen LogP contribution in [0.15, 0.2) is 60.7 Å². The van der Waals surface area contributed by atoms with Gasteiger partial charge in [-0.05, 0) is 31.9 Å². The molecule has 3 aromatic rings. The van der Waals surface area contributed by atoms with Gasteiger partial charge in [0.05, 0.1) is 16.9 Å². The molecule has 0 saturated heterocycles. The Kier molecular flexibility index (Phi) is 5.56. The lowest BCUT2D eigenvalue weighted by Crippen LogP contribution is -2.34. The fraction of sp³-hybridized carbons (Fsp3) is 0.333. The minimum absolute atomic E-state index is 0.00886. The van der Waals surface area contributed by atoms with Gasteiger partial charge < -0.3 is 5.32 Å². The number of rotatable bonds is 4. The summed E-state index contributed by atoms with van der Waals surface area (Å²) >= 11 is 0. The molecule has 0 atom stereocenters. The number of nitrogens with zero attached hydrogens (tertiary/aromatic N) is 2. The Bertz CT molecular complexity index is 923. The first kappa shape index (κ1) is 18.5. The number of hydrogen-bond donors (Lipinski definition) is 1. The van der Waals surface area contributed by atoms with Crippen LogP contribution in [0.25, 0.3) is 16.9 Å². The molecule has 4 nitrogen and oxygen atoms in total. The van der Waals surface area contributed by atoms with Crippen molar-refractivity contribution in [2.75, 3.05) is 0 Å². The van der Waals surface area contributed by atoms with Crippen LogP contribution in [0.1, 0.15) is 54.6 Å². The molecule has 4 heteroatoms. The second-order valence-electron chi connectivity index (χ2n) is 7.58. The molecule has 1 N–H and O–H groups in total. The number of para-hydroxylation sites is 1. The van der Waals surface area contributed by atoms with Gasteiger partial charge in [0.1, 0.15) is 5.69 Å². The van der Waals surface area contributed by atoms with Gasteiger partial charge in [0, 0.05) is 11.6 Å². The van der Waals surface area contributed by atoms with Gasteiger partial charge >= 0.3 is 0 Å². The highest BCUT2D eigenvalue weighted by molar-refractivity contribution is 6.01. The van der Waals surface area contributed by atoms with Gasteiger partial charge in [-0.25, -0.2) is 4.68 Å². The number of carbonyl (C=O) groups is 1. The third-order valence-corrected chi connectivity index (χ3v) is 5.58. The molecule has 0 unspecified atom stereocenters. The van der Waals surface area contributed by atoms with Crippen molar-refractivity contribution in [1.29, 1.82) is 0 Å². The zero-order valence-electron chi connectivity index (χ0n) is 16.4. The predicted octanol–water partition coefficient (Wildman–Crippen LogP) is 5.30. The SMILES string of the molecule is Cc1c(C(=O)NC2CCCCCC2)c(-c2ccccc2)nn1-c1ccccc1. The molecule has 1 saturated carbocycles. The molecule has 1 aliphatic rings.